The second-order valence-corrected chi connectivity index (χ2v) is 8.33. The van der Waals surface area contributed by atoms with Gasteiger partial charge in [-0.05, 0) is 43.2 Å². The van der Waals surface area contributed by atoms with E-state index in [0.717, 1.165) is 6.07 Å². The van der Waals surface area contributed by atoms with Crippen molar-refractivity contribution in [3.63, 3.8) is 0 Å². The van der Waals surface area contributed by atoms with Gasteiger partial charge in [0.2, 0.25) is 0 Å². The van der Waals surface area contributed by atoms with Crippen molar-refractivity contribution in [3.8, 4) is 0 Å². The highest BCUT2D eigenvalue weighted by molar-refractivity contribution is 6.24. The number of hydrogen-bond donors (Lipinski definition) is 1. The predicted octanol–water partition coefficient (Wildman–Crippen LogP) is 4.62. The highest BCUT2D eigenvalue weighted by atomic mass is 19.3. The Morgan fingerprint density at radius 1 is 1.21 bits per heavy atom. The fourth-order valence-electron chi connectivity index (χ4n) is 4.01. The Hall–Kier alpha value is -3.75. The standard InChI is InChI=1S/C25H23F3N4O2/c1-13-11-32-12-17(16-7-8-29-21(10-16)15(3)33)9-20(24(32)30-13)25(34)31-14(2)18-5-4-6-19(22(18)26)23(27)28/h4-10,12-14,23H,11H2,1-3H3,(H,31,34)/t13-,14-/m1/s1. The third kappa shape index (κ3) is 4.50. The largest absolute Gasteiger partial charge is 0.345 e. The predicted molar refractivity (Wildman–Crippen MR) is 122 cm³/mol. The molecule has 176 valence electrons. The van der Waals surface area contributed by atoms with Crippen LogP contribution in [-0.4, -0.2) is 40.0 Å². The van der Waals surface area contributed by atoms with Crippen LogP contribution in [0.4, 0.5) is 13.2 Å². The zero-order valence-electron chi connectivity index (χ0n) is 18.8. The number of nitrogens with zero attached hydrogens (tertiary/aromatic N) is 3. The van der Waals surface area contributed by atoms with Gasteiger partial charge in [0.05, 0.1) is 23.2 Å². The lowest BCUT2D eigenvalue weighted by Gasteiger charge is -2.25. The number of nitrogens with one attached hydrogen (secondary N) is 1. The molecular weight excluding hydrogens is 445 g/mol. The Labute approximate surface area is 194 Å². The normalized spacial score (nSPS) is 18.1. The molecule has 0 fully saturated rings. The second-order valence-electron chi connectivity index (χ2n) is 8.33. The molecule has 0 saturated heterocycles. The minimum atomic E-state index is -2.96. The van der Waals surface area contributed by atoms with E-state index in [9.17, 15) is 22.8 Å². The van der Waals surface area contributed by atoms with Crippen molar-refractivity contribution in [2.24, 2.45) is 4.99 Å². The van der Waals surface area contributed by atoms with Crippen molar-refractivity contribution >= 4 is 23.1 Å². The highest BCUT2D eigenvalue weighted by Gasteiger charge is 2.32. The third-order valence-electron chi connectivity index (χ3n) is 5.72. The molecule has 0 saturated carbocycles. The summed E-state index contributed by atoms with van der Waals surface area (Å²) in [6.45, 7) is 5.44. The van der Waals surface area contributed by atoms with Gasteiger partial charge < -0.3 is 10.2 Å². The Morgan fingerprint density at radius 2 is 1.94 bits per heavy atom. The first-order chi connectivity index (χ1) is 16.2. The van der Waals surface area contributed by atoms with Crippen LogP contribution in [-0.2, 0) is 4.79 Å². The van der Waals surface area contributed by atoms with Gasteiger partial charge in [0.25, 0.3) is 12.3 Å². The fraction of sp³-hybridized carbons (Fsp3) is 0.280. The molecule has 1 aromatic heterocycles. The van der Waals surface area contributed by atoms with Crippen molar-refractivity contribution in [2.45, 2.75) is 39.3 Å². The number of carbonyl (C=O) groups is 2. The monoisotopic (exact) mass is 468 g/mol. The molecule has 0 unspecified atom stereocenters. The molecule has 2 aromatic rings. The first-order valence-corrected chi connectivity index (χ1v) is 10.8. The van der Waals surface area contributed by atoms with Crippen LogP contribution in [0.25, 0.3) is 5.57 Å². The van der Waals surface area contributed by atoms with Crippen LogP contribution in [0.1, 0.15) is 60.4 Å². The van der Waals surface area contributed by atoms with E-state index in [1.807, 2.05) is 18.0 Å². The van der Waals surface area contributed by atoms with E-state index in [2.05, 4.69) is 15.3 Å². The highest BCUT2D eigenvalue weighted by Crippen LogP contribution is 2.30. The minimum absolute atomic E-state index is 0.0304. The van der Waals surface area contributed by atoms with Crippen LogP contribution in [0.3, 0.4) is 0 Å². The van der Waals surface area contributed by atoms with Gasteiger partial charge in [-0.25, -0.2) is 13.2 Å². The van der Waals surface area contributed by atoms with E-state index in [0.29, 0.717) is 29.2 Å². The molecule has 6 nitrogen and oxygen atoms in total. The van der Waals surface area contributed by atoms with Gasteiger partial charge in [0.15, 0.2) is 5.78 Å². The second kappa shape index (κ2) is 9.24. The molecule has 2 aliphatic rings. The molecule has 2 aliphatic heterocycles. The van der Waals surface area contributed by atoms with Crippen LogP contribution in [0.5, 0.6) is 0 Å². The number of amides is 1. The number of fused-ring (bicyclic) bond motifs is 1. The summed E-state index contributed by atoms with van der Waals surface area (Å²) in [5.41, 5.74) is 1.21. The zero-order valence-corrected chi connectivity index (χ0v) is 18.8. The Kier molecular flexibility index (Phi) is 6.37. The Morgan fingerprint density at radius 3 is 2.65 bits per heavy atom. The molecule has 0 aliphatic carbocycles. The van der Waals surface area contributed by atoms with Crippen LogP contribution in [0, 0.1) is 5.82 Å². The maximum atomic E-state index is 14.6. The molecule has 34 heavy (non-hydrogen) atoms. The molecule has 9 heteroatoms. The van der Waals surface area contributed by atoms with Gasteiger partial charge >= 0.3 is 0 Å². The van der Waals surface area contributed by atoms with E-state index in [1.165, 1.54) is 32.2 Å². The zero-order chi connectivity index (χ0) is 24.6. The maximum absolute atomic E-state index is 14.6. The summed E-state index contributed by atoms with van der Waals surface area (Å²) in [6.07, 6.45) is 2.07. The smallest absolute Gasteiger partial charge is 0.266 e. The summed E-state index contributed by atoms with van der Waals surface area (Å²) >= 11 is 0. The van der Waals surface area contributed by atoms with E-state index < -0.39 is 29.8 Å². The lowest BCUT2D eigenvalue weighted by molar-refractivity contribution is -0.117. The van der Waals surface area contributed by atoms with Gasteiger partial charge in [-0.1, -0.05) is 18.2 Å². The number of benzene rings is 1. The molecule has 1 amide bonds. The van der Waals surface area contributed by atoms with Crippen LogP contribution >= 0.6 is 0 Å². The number of amidine groups is 1. The van der Waals surface area contributed by atoms with Gasteiger partial charge in [-0.2, -0.15) is 0 Å². The van der Waals surface area contributed by atoms with Crippen molar-refractivity contribution in [1.29, 1.82) is 0 Å². The topological polar surface area (TPSA) is 74.7 Å². The Bertz CT molecular complexity index is 1250. The summed E-state index contributed by atoms with van der Waals surface area (Å²) < 4.78 is 40.8. The number of halogens is 3. The van der Waals surface area contributed by atoms with Gasteiger partial charge in [-0.3, -0.25) is 19.6 Å². The molecule has 4 rings (SSSR count). The number of aromatic nitrogens is 1. The number of hydrogen-bond acceptors (Lipinski definition) is 5. The first-order valence-electron chi connectivity index (χ1n) is 10.8. The average molecular weight is 468 g/mol. The summed E-state index contributed by atoms with van der Waals surface area (Å²) in [7, 11) is 0. The summed E-state index contributed by atoms with van der Waals surface area (Å²) in [6, 6.07) is 6.20. The van der Waals surface area contributed by atoms with E-state index in [-0.39, 0.29) is 23.0 Å². The van der Waals surface area contributed by atoms with Crippen LogP contribution < -0.4 is 5.32 Å². The maximum Gasteiger partial charge on any atom is 0.266 e. The van der Waals surface area contributed by atoms with E-state index in [4.69, 9.17) is 0 Å². The molecular formula is C25H23F3N4O2. The van der Waals surface area contributed by atoms with Crippen molar-refractivity contribution in [3.05, 3.63) is 82.6 Å². The Balaban J connectivity index is 1.66. The fourth-order valence-corrected chi connectivity index (χ4v) is 4.01. The molecule has 2 atom stereocenters. The number of alkyl halides is 2. The molecule has 3 heterocycles. The molecule has 0 radical (unpaired) electrons. The molecule has 1 N–H and O–H groups in total. The number of rotatable bonds is 6. The van der Waals surface area contributed by atoms with Crippen molar-refractivity contribution < 1.29 is 22.8 Å². The van der Waals surface area contributed by atoms with Gasteiger partial charge in [0.1, 0.15) is 17.3 Å². The van der Waals surface area contributed by atoms with Crippen LogP contribution in [0.15, 0.2) is 59.4 Å². The van der Waals surface area contributed by atoms with E-state index in [1.54, 1.807) is 18.2 Å². The molecule has 0 spiro atoms. The van der Waals surface area contributed by atoms with Crippen molar-refractivity contribution in [2.75, 3.05) is 6.54 Å². The minimum Gasteiger partial charge on any atom is -0.345 e. The summed E-state index contributed by atoms with van der Waals surface area (Å²) in [4.78, 5) is 35.5. The summed E-state index contributed by atoms with van der Waals surface area (Å²) in [5, 5.41) is 2.71. The quantitative estimate of drug-likeness (QED) is 0.628. The molecule has 0 bridgehead atoms. The lowest BCUT2D eigenvalue weighted by atomic mass is 9.98. The summed E-state index contributed by atoms with van der Waals surface area (Å²) in [5.74, 6) is -1.26. The number of aliphatic imine (C=N–C) groups is 1. The first kappa shape index (κ1) is 23.4. The van der Waals surface area contributed by atoms with Gasteiger partial charge in [-0.15, -0.1) is 0 Å². The SMILES string of the molecule is CC(=O)c1cc(C2=CN3C[C@@H](C)N=C3C(C(=O)N[C@H](C)c3cccc(C(F)F)c3F)=C2)ccn1. The van der Waals surface area contributed by atoms with Gasteiger partial charge in [0, 0.05) is 31.4 Å². The molecule has 1 aromatic carbocycles. The number of carbonyl (C=O) groups excluding carboxylic acids is 2. The van der Waals surface area contributed by atoms with Crippen molar-refractivity contribution in [1.82, 2.24) is 15.2 Å². The number of Topliss-reactive ketones (excluding diaryl/α,β-unsaturated/α-hetero) is 1. The van der Waals surface area contributed by atoms with E-state index >= 15 is 0 Å². The third-order valence-corrected chi connectivity index (χ3v) is 5.72. The number of allylic oxidation sites excluding steroid dienone is 2. The number of ketones is 1. The lowest BCUT2D eigenvalue weighted by Crippen LogP contribution is -2.37. The number of pyridine rings is 1. The average Bonchev–Trinajstić information content (AvgIpc) is 3.18. The van der Waals surface area contributed by atoms with Crippen LogP contribution in [0.2, 0.25) is 0 Å².